The number of esters is 1. The summed E-state index contributed by atoms with van der Waals surface area (Å²) >= 11 is 0. The fourth-order valence-electron chi connectivity index (χ4n) is 6.94. The maximum Gasteiger partial charge on any atom is 0.302 e. The van der Waals surface area contributed by atoms with E-state index in [4.69, 9.17) is 4.74 Å². The van der Waals surface area contributed by atoms with Crippen LogP contribution in [0.25, 0.3) is 0 Å². The Labute approximate surface area is 145 Å². The molecule has 4 aliphatic carbocycles. The lowest BCUT2D eigenvalue weighted by Gasteiger charge is -2.57. The van der Waals surface area contributed by atoms with Gasteiger partial charge in [-0.1, -0.05) is 25.5 Å². The van der Waals surface area contributed by atoms with Gasteiger partial charge >= 0.3 is 5.97 Å². The van der Waals surface area contributed by atoms with Crippen molar-refractivity contribution < 1.29 is 14.6 Å². The average Bonchev–Trinajstić information content (AvgIpc) is 2.83. The van der Waals surface area contributed by atoms with Gasteiger partial charge in [-0.25, -0.2) is 0 Å². The van der Waals surface area contributed by atoms with Crippen molar-refractivity contribution in [2.24, 2.45) is 28.6 Å². The molecule has 0 saturated heterocycles. The fourth-order valence-corrected chi connectivity index (χ4v) is 6.94. The number of hydrogen-bond acceptors (Lipinski definition) is 3. The van der Waals surface area contributed by atoms with Gasteiger partial charge in [0.15, 0.2) is 0 Å². The first-order valence-electron chi connectivity index (χ1n) is 9.89. The Morgan fingerprint density at radius 2 is 1.96 bits per heavy atom. The Kier molecular flexibility index (Phi) is 3.87. The molecule has 0 aromatic rings. The van der Waals surface area contributed by atoms with Crippen molar-refractivity contribution in [3.63, 3.8) is 0 Å². The minimum atomic E-state index is -0.147. The molecule has 0 aliphatic heterocycles. The molecule has 0 unspecified atom stereocenters. The Morgan fingerprint density at radius 1 is 1.17 bits per heavy atom. The molecule has 3 saturated carbocycles. The van der Waals surface area contributed by atoms with Gasteiger partial charge in [-0.15, -0.1) is 0 Å². The summed E-state index contributed by atoms with van der Waals surface area (Å²) in [5.74, 6) is 2.03. The number of rotatable bonds is 1. The summed E-state index contributed by atoms with van der Waals surface area (Å²) in [6.45, 7) is 6.32. The minimum Gasteiger partial charge on any atom is -0.462 e. The molecular formula is C21H32O3. The zero-order valence-corrected chi connectivity index (χ0v) is 15.4. The Balaban J connectivity index is 1.59. The molecule has 0 aromatic carbocycles. The molecule has 4 rings (SSSR count). The summed E-state index contributed by atoms with van der Waals surface area (Å²) in [5, 5.41) is 10.5. The summed E-state index contributed by atoms with van der Waals surface area (Å²) in [4.78, 5) is 11.3. The molecule has 4 aliphatic rings. The molecule has 0 aromatic heterocycles. The van der Waals surface area contributed by atoms with E-state index in [0.29, 0.717) is 5.92 Å². The number of aliphatic hydroxyl groups excluding tert-OH is 1. The van der Waals surface area contributed by atoms with Crippen LogP contribution >= 0.6 is 0 Å². The van der Waals surface area contributed by atoms with Crippen molar-refractivity contribution in [3.8, 4) is 0 Å². The highest BCUT2D eigenvalue weighted by molar-refractivity contribution is 5.66. The lowest BCUT2D eigenvalue weighted by molar-refractivity contribution is -0.148. The van der Waals surface area contributed by atoms with Gasteiger partial charge in [0.05, 0.1) is 6.10 Å². The average molecular weight is 332 g/mol. The van der Waals surface area contributed by atoms with Gasteiger partial charge in [-0.05, 0) is 73.5 Å². The number of aliphatic hydroxyl groups is 1. The van der Waals surface area contributed by atoms with Crippen LogP contribution < -0.4 is 0 Å². The summed E-state index contributed by atoms with van der Waals surface area (Å²) in [7, 11) is 0. The third-order valence-electron chi connectivity index (χ3n) is 8.34. The standard InChI is InChI=1S/C21H32O3/c1-13(22)24-15-8-10-20(2)14(12-15)4-5-16-17-6-7-19(23)21(17,3)11-9-18(16)20/h4,15-19,23H,5-12H2,1-3H3/t15-,16+,17+,18+,19+,20-,21-/m0/s1. The molecule has 3 heteroatoms. The highest BCUT2D eigenvalue weighted by Gasteiger charge is 2.58. The molecule has 7 atom stereocenters. The highest BCUT2D eigenvalue weighted by atomic mass is 16.5. The van der Waals surface area contributed by atoms with E-state index >= 15 is 0 Å². The zero-order chi connectivity index (χ0) is 17.1. The minimum absolute atomic E-state index is 0.0838. The smallest absolute Gasteiger partial charge is 0.302 e. The van der Waals surface area contributed by atoms with E-state index < -0.39 is 0 Å². The number of ether oxygens (including phenoxy) is 1. The van der Waals surface area contributed by atoms with Crippen molar-refractivity contribution >= 4 is 5.97 Å². The normalized spacial score (nSPS) is 50.3. The second kappa shape index (κ2) is 5.59. The van der Waals surface area contributed by atoms with Crippen LogP contribution in [0.15, 0.2) is 11.6 Å². The maximum atomic E-state index is 11.3. The molecule has 0 heterocycles. The number of fused-ring (bicyclic) bond motifs is 5. The van der Waals surface area contributed by atoms with Crippen LogP contribution in [0.5, 0.6) is 0 Å². The predicted molar refractivity (Wildman–Crippen MR) is 93.3 cm³/mol. The summed E-state index contributed by atoms with van der Waals surface area (Å²) in [5.41, 5.74) is 1.98. The molecule has 0 bridgehead atoms. The van der Waals surface area contributed by atoms with Crippen molar-refractivity contribution in [1.82, 2.24) is 0 Å². The van der Waals surface area contributed by atoms with E-state index in [1.54, 1.807) is 5.57 Å². The number of carbonyl (C=O) groups is 1. The SMILES string of the molecule is CC(=O)O[C@H]1CC[C@@]2(C)C(=CC[C@@H]3[C@H]4CC[C@@H](O)[C@@]4(C)CC[C@H]32)C1. The first-order valence-corrected chi connectivity index (χ1v) is 9.89. The summed E-state index contributed by atoms with van der Waals surface area (Å²) in [6.07, 6.45) is 11.3. The van der Waals surface area contributed by atoms with Gasteiger partial charge < -0.3 is 9.84 Å². The van der Waals surface area contributed by atoms with Crippen LogP contribution in [0.3, 0.4) is 0 Å². The highest BCUT2D eigenvalue weighted by Crippen LogP contribution is 2.64. The van der Waals surface area contributed by atoms with Crippen molar-refractivity contribution in [2.75, 3.05) is 0 Å². The third kappa shape index (κ3) is 2.30. The van der Waals surface area contributed by atoms with Crippen LogP contribution in [0.1, 0.15) is 72.1 Å². The molecule has 0 amide bonds. The van der Waals surface area contributed by atoms with Crippen LogP contribution in [0.2, 0.25) is 0 Å². The molecule has 3 fully saturated rings. The van der Waals surface area contributed by atoms with E-state index in [1.807, 2.05) is 0 Å². The van der Waals surface area contributed by atoms with E-state index in [2.05, 4.69) is 19.9 Å². The molecule has 1 N–H and O–H groups in total. The second-order valence-corrected chi connectivity index (χ2v) is 9.37. The Morgan fingerprint density at radius 3 is 2.71 bits per heavy atom. The van der Waals surface area contributed by atoms with Crippen LogP contribution in [0.4, 0.5) is 0 Å². The van der Waals surface area contributed by atoms with Gasteiger partial charge in [0.25, 0.3) is 0 Å². The van der Waals surface area contributed by atoms with Gasteiger partial charge in [0.2, 0.25) is 0 Å². The number of carbonyl (C=O) groups excluding carboxylic acids is 1. The quantitative estimate of drug-likeness (QED) is 0.577. The topological polar surface area (TPSA) is 46.5 Å². The van der Waals surface area contributed by atoms with Gasteiger partial charge in [0, 0.05) is 13.3 Å². The van der Waals surface area contributed by atoms with E-state index in [0.717, 1.165) is 43.9 Å². The molecule has 24 heavy (non-hydrogen) atoms. The molecule has 3 nitrogen and oxygen atoms in total. The van der Waals surface area contributed by atoms with E-state index in [-0.39, 0.29) is 29.0 Å². The lowest BCUT2D eigenvalue weighted by Crippen LogP contribution is -2.51. The Bertz CT molecular complexity index is 567. The van der Waals surface area contributed by atoms with Crippen molar-refractivity contribution in [2.45, 2.75) is 84.3 Å². The molecule has 134 valence electrons. The van der Waals surface area contributed by atoms with Gasteiger partial charge in [-0.3, -0.25) is 4.79 Å². The fraction of sp³-hybridized carbons (Fsp3) is 0.857. The van der Waals surface area contributed by atoms with Gasteiger partial charge in [0.1, 0.15) is 6.10 Å². The first kappa shape index (κ1) is 16.6. The predicted octanol–water partition coefficient (Wildman–Crippen LogP) is 4.24. The largest absolute Gasteiger partial charge is 0.462 e. The zero-order valence-electron chi connectivity index (χ0n) is 15.4. The molecule has 0 spiro atoms. The number of allylic oxidation sites excluding steroid dienone is 1. The second-order valence-electron chi connectivity index (χ2n) is 9.37. The van der Waals surface area contributed by atoms with E-state index in [1.165, 1.54) is 26.2 Å². The monoisotopic (exact) mass is 332 g/mol. The summed E-state index contributed by atoms with van der Waals surface area (Å²) < 4.78 is 5.51. The Hall–Kier alpha value is -0.830. The summed E-state index contributed by atoms with van der Waals surface area (Å²) in [6, 6.07) is 0. The number of hydrogen-bond donors (Lipinski definition) is 1. The maximum absolute atomic E-state index is 11.3. The van der Waals surface area contributed by atoms with Crippen LogP contribution in [0, 0.1) is 28.6 Å². The van der Waals surface area contributed by atoms with Crippen LogP contribution in [-0.4, -0.2) is 23.3 Å². The lowest BCUT2D eigenvalue weighted by atomic mass is 9.48. The van der Waals surface area contributed by atoms with E-state index in [9.17, 15) is 9.90 Å². The first-order chi connectivity index (χ1) is 11.3. The molecule has 0 radical (unpaired) electrons. The van der Waals surface area contributed by atoms with Crippen LogP contribution in [-0.2, 0) is 9.53 Å². The van der Waals surface area contributed by atoms with Crippen molar-refractivity contribution in [1.29, 1.82) is 0 Å². The molecular weight excluding hydrogens is 300 g/mol. The third-order valence-corrected chi connectivity index (χ3v) is 8.34. The van der Waals surface area contributed by atoms with Gasteiger partial charge in [-0.2, -0.15) is 0 Å². The van der Waals surface area contributed by atoms with Crippen molar-refractivity contribution in [3.05, 3.63) is 11.6 Å².